The quantitative estimate of drug-likeness (QED) is 0.943. The number of nitrogens with two attached hydrogens (primary N) is 1. The van der Waals surface area contributed by atoms with Crippen molar-refractivity contribution in [2.24, 2.45) is 10.7 Å². The van der Waals surface area contributed by atoms with Gasteiger partial charge in [0.15, 0.2) is 0 Å². The maximum atomic E-state index is 6.37. The van der Waals surface area contributed by atoms with Crippen molar-refractivity contribution in [1.82, 2.24) is 0 Å². The van der Waals surface area contributed by atoms with Gasteiger partial charge in [-0.25, -0.2) is 0 Å². The highest BCUT2D eigenvalue weighted by Crippen LogP contribution is 2.25. The Bertz CT molecular complexity index is 795. The first kappa shape index (κ1) is 14.8. The van der Waals surface area contributed by atoms with Crippen molar-refractivity contribution in [3.63, 3.8) is 0 Å². The predicted molar refractivity (Wildman–Crippen MR) is 92.1 cm³/mol. The Labute approximate surface area is 131 Å². The third kappa shape index (κ3) is 2.53. The van der Waals surface area contributed by atoms with Crippen molar-refractivity contribution >= 4 is 11.9 Å². The number of hydrogen-bond donors (Lipinski definition) is 1. The molecule has 1 aliphatic heterocycles. The van der Waals surface area contributed by atoms with E-state index < -0.39 is 0 Å². The summed E-state index contributed by atoms with van der Waals surface area (Å²) in [5, 5.41) is 2.23. The van der Waals surface area contributed by atoms with Gasteiger partial charge in [0.2, 0.25) is 0 Å². The van der Waals surface area contributed by atoms with E-state index in [-0.39, 0.29) is 12.2 Å². The van der Waals surface area contributed by atoms with Crippen LogP contribution in [-0.2, 0) is 0 Å². The van der Waals surface area contributed by atoms with Gasteiger partial charge >= 0.3 is 0 Å². The SMILES string of the molecule is CCC(N)[C@@H]1N=c2cccc(C)c2=CN1c1ccccc1C. The molecule has 2 aromatic carbocycles. The van der Waals surface area contributed by atoms with E-state index in [0.717, 1.165) is 11.8 Å². The van der Waals surface area contributed by atoms with Crippen molar-refractivity contribution in [2.75, 3.05) is 4.90 Å². The lowest BCUT2D eigenvalue weighted by atomic mass is 10.1. The molecule has 2 aromatic rings. The summed E-state index contributed by atoms with van der Waals surface area (Å²) in [6, 6.07) is 14.7. The van der Waals surface area contributed by atoms with Crippen LogP contribution in [0.4, 0.5) is 5.69 Å². The average Bonchev–Trinajstić information content (AvgIpc) is 2.54. The number of nitrogens with zero attached hydrogens (tertiary/aromatic N) is 2. The van der Waals surface area contributed by atoms with Gasteiger partial charge < -0.3 is 10.6 Å². The van der Waals surface area contributed by atoms with Crippen LogP contribution in [0.1, 0.15) is 24.5 Å². The molecular formula is C19H23N3. The lowest BCUT2D eigenvalue weighted by Gasteiger charge is -2.34. The van der Waals surface area contributed by atoms with Gasteiger partial charge in [-0.3, -0.25) is 4.99 Å². The van der Waals surface area contributed by atoms with E-state index in [9.17, 15) is 0 Å². The van der Waals surface area contributed by atoms with Crippen molar-refractivity contribution in [1.29, 1.82) is 0 Å². The molecule has 2 atom stereocenters. The Balaban J connectivity index is 2.22. The van der Waals surface area contributed by atoms with Gasteiger partial charge in [0.05, 0.1) is 5.36 Å². The van der Waals surface area contributed by atoms with Gasteiger partial charge in [-0.15, -0.1) is 0 Å². The second-order valence-corrected chi connectivity index (χ2v) is 5.95. The molecule has 0 aliphatic carbocycles. The predicted octanol–water partition coefficient (Wildman–Crippen LogP) is 2.24. The lowest BCUT2D eigenvalue weighted by molar-refractivity contribution is 0.510. The van der Waals surface area contributed by atoms with E-state index in [1.807, 2.05) is 0 Å². The van der Waals surface area contributed by atoms with E-state index in [0.29, 0.717) is 0 Å². The molecule has 3 heteroatoms. The number of benzene rings is 2. The number of para-hydroxylation sites is 1. The number of hydrogen-bond acceptors (Lipinski definition) is 3. The second kappa shape index (κ2) is 5.93. The number of anilines is 1. The third-order valence-electron chi connectivity index (χ3n) is 4.37. The highest BCUT2D eigenvalue weighted by Gasteiger charge is 2.25. The van der Waals surface area contributed by atoms with Gasteiger partial charge in [-0.2, -0.15) is 0 Å². The summed E-state index contributed by atoms with van der Waals surface area (Å²) < 4.78 is 0. The normalized spacial score (nSPS) is 18.2. The van der Waals surface area contributed by atoms with Crippen molar-refractivity contribution in [3.05, 3.63) is 64.2 Å². The van der Waals surface area contributed by atoms with Gasteiger partial charge in [-0.05, 0) is 43.5 Å². The first-order chi connectivity index (χ1) is 10.6. The van der Waals surface area contributed by atoms with Crippen LogP contribution in [0.2, 0.25) is 0 Å². The van der Waals surface area contributed by atoms with Crippen LogP contribution in [0, 0.1) is 13.8 Å². The molecule has 22 heavy (non-hydrogen) atoms. The zero-order valence-electron chi connectivity index (χ0n) is 13.5. The summed E-state index contributed by atoms with van der Waals surface area (Å²) in [6.07, 6.45) is 3.05. The fourth-order valence-corrected chi connectivity index (χ4v) is 2.94. The van der Waals surface area contributed by atoms with Crippen LogP contribution < -0.4 is 21.2 Å². The molecule has 1 heterocycles. The lowest BCUT2D eigenvalue weighted by Crippen LogP contribution is -2.51. The van der Waals surface area contributed by atoms with Crippen molar-refractivity contribution in [2.45, 2.75) is 39.4 Å². The van der Waals surface area contributed by atoms with Crippen LogP contribution >= 0.6 is 0 Å². The van der Waals surface area contributed by atoms with Gasteiger partial charge in [0, 0.05) is 23.1 Å². The van der Waals surface area contributed by atoms with E-state index in [2.05, 4.69) is 74.3 Å². The van der Waals surface area contributed by atoms with Crippen LogP contribution in [0.15, 0.2) is 47.5 Å². The van der Waals surface area contributed by atoms with Gasteiger partial charge in [0.1, 0.15) is 6.17 Å². The first-order valence-corrected chi connectivity index (χ1v) is 7.86. The Kier molecular flexibility index (Phi) is 3.99. The Morgan fingerprint density at radius 1 is 1.09 bits per heavy atom. The van der Waals surface area contributed by atoms with Crippen molar-refractivity contribution in [3.8, 4) is 0 Å². The molecule has 114 valence electrons. The second-order valence-electron chi connectivity index (χ2n) is 5.95. The highest BCUT2D eigenvalue weighted by molar-refractivity contribution is 5.64. The molecule has 0 radical (unpaired) electrons. The van der Waals surface area contributed by atoms with Gasteiger partial charge in [0.25, 0.3) is 0 Å². The Hall–Kier alpha value is -2.13. The molecule has 1 unspecified atom stereocenters. The zero-order chi connectivity index (χ0) is 15.7. The molecule has 0 aromatic heterocycles. The molecule has 0 bridgehead atoms. The minimum absolute atomic E-state index is 0.00418. The minimum Gasteiger partial charge on any atom is -0.324 e. The zero-order valence-corrected chi connectivity index (χ0v) is 13.5. The minimum atomic E-state index is -0.0552. The fourth-order valence-electron chi connectivity index (χ4n) is 2.94. The maximum Gasteiger partial charge on any atom is 0.140 e. The molecule has 0 saturated carbocycles. The molecular weight excluding hydrogens is 270 g/mol. The monoisotopic (exact) mass is 293 g/mol. The molecule has 0 saturated heterocycles. The molecule has 3 rings (SSSR count). The highest BCUT2D eigenvalue weighted by atomic mass is 15.3. The summed E-state index contributed by atoms with van der Waals surface area (Å²) in [5.41, 5.74) is 10.0. The fraction of sp³-hybridized carbons (Fsp3) is 0.316. The molecule has 1 aliphatic rings. The standard InChI is InChI=1S/C19H23N3/c1-4-16(20)19-21-17-10-7-9-13(2)15(17)12-22(19)18-11-6-5-8-14(18)3/h5-12,16,19H,4,20H2,1-3H3/t16?,19-/m1/s1. The molecule has 0 fully saturated rings. The molecule has 0 spiro atoms. The number of fused-ring (bicyclic) bond motifs is 1. The Morgan fingerprint density at radius 2 is 1.82 bits per heavy atom. The number of aryl methyl sites for hydroxylation is 2. The van der Waals surface area contributed by atoms with Gasteiger partial charge in [-0.1, -0.05) is 37.3 Å². The molecule has 0 amide bonds. The van der Waals surface area contributed by atoms with E-state index in [4.69, 9.17) is 10.7 Å². The average molecular weight is 293 g/mol. The summed E-state index contributed by atoms with van der Waals surface area (Å²) in [4.78, 5) is 7.18. The van der Waals surface area contributed by atoms with Crippen LogP contribution in [0.5, 0.6) is 0 Å². The number of rotatable bonds is 3. The summed E-state index contributed by atoms with van der Waals surface area (Å²) in [7, 11) is 0. The first-order valence-electron chi connectivity index (χ1n) is 7.86. The topological polar surface area (TPSA) is 41.6 Å². The smallest absolute Gasteiger partial charge is 0.140 e. The van der Waals surface area contributed by atoms with Crippen LogP contribution in [0.3, 0.4) is 0 Å². The third-order valence-corrected chi connectivity index (χ3v) is 4.37. The Morgan fingerprint density at radius 3 is 2.55 bits per heavy atom. The van der Waals surface area contributed by atoms with E-state index >= 15 is 0 Å². The molecule has 2 N–H and O–H groups in total. The molecule has 3 nitrogen and oxygen atoms in total. The summed E-state index contributed by atoms with van der Waals surface area (Å²) in [6.45, 7) is 6.37. The van der Waals surface area contributed by atoms with Crippen LogP contribution in [-0.4, -0.2) is 12.2 Å². The van der Waals surface area contributed by atoms with Crippen LogP contribution in [0.25, 0.3) is 6.20 Å². The maximum absolute atomic E-state index is 6.37. The summed E-state index contributed by atoms with van der Waals surface area (Å²) in [5.74, 6) is 0. The van der Waals surface area contributed by atoms with Crippen molar-refractivity contribution < 1.29 is 0 Å². The summed E-state index contributed by atoms with van der Waals surface area (Å²) >= 11 is 0. The van der Waals surface area contributed by atoms with E-state index in [1.54, 1.807) is 0 Å². The van der Waals surface area contributed by atoms with E-state index in [1.165, 1.54) is 22.0 Å². The largest absolute Gasteiger partial charge is 0.324 e.